The summed E-state index contributed by atoms with van der Waals surface area (Å²) in [6.45, 7) is 5.64. The van der Waals surface area contributed by atoms with Gasteiger partial charge in [-0.1, -0.05) is 23.1 Å². The molecule has 0 amide bonds. The summed E-state index contributed by atoms with van der Waals surface area (Å²) in [6, 6.07) is 0. The van der Waals surface area contributed by atoms with E-state index in [1.165, 1.54) is 23.1 Å². The maximum atomic E-state index is 10.4. The zero-order valence-corrected chi connectivity index (χ0v) is 12.7. The minimum absolute atomic E-state index is 0.0151. The van der Waals surface area contributed by atoms with Gasteiger partial charge in [-0.15, -0.1) is 10.2 Å². The van der Waals surface area contributed by atoms with Crippen molar-refractivity contribution in [1.82, 2.24) is 10.2 Å². The van der Waals surface area contributed by atoms with Crippen molar-refractivity contribution in [1.29, 1.82) is 0 Å². The summed E-state index contributed by atoms with van der Waals surface area (Å²) in [5.74, 6) is -0.832. The van der Waals surface area contributed by atoms with Gasteiger partial charge in [0.05, 0.1) is 11.9 Å². The Kier molecular flexibility index (Phi) is 7.76. The predicted octanol–water partition coefficient (Wildman–Crippen LogP) is 2.33. The number of aromatic nitrogens is 2. The number of thioether (sulfide) groups is 1. The molecule has 0 aromatic carbocycles. The van der Waals surface area contributed by atoms with E-state index in [-0.39, 0.29) is 11.9 Å². The van der Waals surface area contributed by atoms with Crippen LogP contribution in [-0.4, -0.2) is 46.3 Å². The zero-order valence-electron chi connectivity index (χ0n) is 11.1. The molecule has 0 fully saturated rings. The van der Waals surface area contributed by atoms with E-state index in [1.807, 2.05) is 13.8 Å². The smallest absolute Gasteiger partial charge is 0.313 e. The van der Waals surface area contributed by atoms with Gasteiger partial charge in [0.25, 0.3) is 0 Å². The van der Waals surface area contributed by atoms with Crippen LogP contribution < -0.4 is 5.32 Å². The number of carboxylic acids is 1. The third-order valence-electron chi connectivity index (χ3n) is 2.02. The first kappa shape index (κ1) is 16.2. The molecule has 0 saturated heterocycles. The van der Waals surface area contributed by atoms with E-state index in [2.05, 4.69) is 15.5 Å². The average molecular weight is 305 g/mol. The Balaban J connectivity index is 2.11. The van der Waals surface area contributed by atoms with Gasteiger partial charge < -0.3 is 15.2 Å². The molecular weight excluding hydrogens is 286 g/mol. The van der Waals surface area contributed by atoms with Gasteiger partial charge in [0, 0.05) is 13.2 Å². The molecule has 1 aromatic heterocycles. The van der Waals surface area contributed by atoms with E-state index in [4.69, 9.17) is 9.84 Å². The first-order valence-corrected chi connectivity index (χ1v) is 7.91. The largest absolute Gasteiger partial charge is 0.481 e. The molecular formula is C11H19N3O3S2. The lowest BCUT2D eigenvalue weighted by molar-refractivity contribution is -0.133. The minimum atomic E-state index is -0.847. The summed E-state index contributed by atoms with van der Waals surface area (Å²) in [4.78, 5) is 10.4. The summed E-state index contributed by atoms with van der Waals surface area (Å²) in [5.41, 5.74) is 0. The predicted molar refractivity (Wildman–Crippen MR) is 77.1 cm³/mol. The number of nitrogens with zero attached hydrogens (tertiary/aromatic N) is 2. The van der Waals surface area contributed by atoms with Crippen LogP contribution in [0.1, 0.15) is 26.7 Å². The number of carbonyl (C=O) groups is 1. The van der Waals surface area contributed by atoms with Crippen molar-refractivity contribution in [2.75, 3.05) is 24.2 Å². The maximum Gasteiger partial charge on any atom is 0.313 e. The van der Waals surface area contributed by atoms with Crippen molar-refractivity contribution in [3.05, 3.63) is 0 Å². The number of ether oxygens (including phenoxy) is 1. The molecule has 0 aliphatic heterocycles. The molecule has 2 N–H and O–H groups in total. The molecule has 108 valence electrons. The second-order valence-electron chi connectivity index (χ2n) is 4.11. The number of carboxylic acid groups (broad SMARTS) is 1. The van der Waals surface area contributed by atoms with E-state index < -0.39 is 5.97 Å². The van der Waals surface area contributed by atoms with Crippen LogP contribution >= 0.6 is 23.1 Å². The topological polar surface area (TPSA) is 84.3 Å². The van der Waals surface area contributed by atoms with Gasteiger partial charge in [0.1, 0.15) is 0 Å². The molecule has 0 bridgehead atoms. The van der Waals surface area contributed by atoms with Crippen LogP contribution in [0.4, 0.5) is 5.13 Å². The van der Waals surface area contributed by atoms with Gasteiger partial charge >= 0.3 is 5.97 Å². The lowest BCUT2D eigenvalue weighted by Gasteiger charge is -2.06. The number of hydrogen-bond donors (Lipinski definition) is 2. The van der Waals surface area contributed by atoms with Crippen molar-refractivity contribution in [2.24, 2.45) is 0 Å². The Bertz CT molecular complexity index is 385. The van der Waals surface area contributed by atoms with Gasteiger partial charge in [-0.2, -0.15) is 0 Å². The highest BCUT2D eigenvalue weighted by atomic mass is 32.2. The summed E-state index contributed by atoms with van der Waals surface area (Å²) in [7, 11) is 0. The second-order valence-corrected chi connectivity index (χ2v) is 6.31. The van der Waals surface area contributed by atoms with E-state index in [0.29, 0.717) is 4.34 Å². The monoisotopic (exact) mass is 305 g/mol. The van der Waals surface area contributed by atoms with Gasteiger partial charge in [0.15, 0.2) is 4.34 Å². The van der Waals surface area contributed by atoms with Gasteiger partial charge in [-0.05, 0) is 26.7 Å². The molecule has 0 radical (unpaired) electrons. The van der Waals surface area contributed by atoms with Crippen LogP contribution in [-0.2, 0) is 9.53 Å². The Labute approximate surface area is 121 Å². The normalized spacial score (nSPS) is 10.9. The molecule has 0 spiro atoms. The average Bonchev–Trinajstić information content (AvgIpc) is 2.78. The summed E-state index contributed by atoms with van der Waals surface area (Å²) >= 11 is 2.56. The van der Waals surface area contributed by atoms with Crippen LogP contribution in [0.3, 0.4) is 0 Å². The minimum Gasteiger partial charge on any atom is -0.481 e. The molecule has 19 heavy (non-hydrogen) atoms. The number of unbranched alkanes of at least 4 members (excludes halogenated alkanes) is 1. The fourth-order valence-electron chi connectivity index (χ4n) is 1.20. The van der Waals surface area contributed by atoms with Gasteiger partial charge in [-0.25, -0.2) is 0 Å². The summed E-state index contributed by atoms with van der Waals surface area (Å²) in [6.07, 6.45) is 2.29. The van der Waals surface area contributed by atoms with E-state index in [9.17, 15) is 4.79 Å². The quantitative estimate of drug-likeness (QED) is 0.507. The summed E-state index contributed by atoms with van der Waals surface area (Å²) in [5, 5.41) is 20.3. The number of hydrogen-bond acceptors (Lipinski definition) is 7. The second kappa shape index (κ2) is 9.11. The molecule has 1 aromatic rings. The Hall–Kier alpha value is -0.860. The molecule has 0 unspecified atom stereocenters. The van der Waals surface area contributed by atoms with Crippen molar-refractivity contribution in [3.8, 4) is 0 Å². The molecule has 0 aliphatic carbocycles. The molecule has 0 aliphatic rings. The van der Waals surface area contributed by atoms with Gasteiger partial charge in [0.2, 0.25) is 5.13 Å². The van der Waals surface area contributed by atoms with E-state index in [1.54, 1.807) is 0 Å². The van der Waals surface area contributed by atoms with Crippen molar-refractivity contribution in [2.45, 2.75) is 37.1 Å². The highest BCUT2D eigenvalue weighted by Gasteiger charge is 2.06. The highest BCUT2D eigenvalue weighted by Crippen LogP contribution is 2.25. The highest BCUT2D eigenvalue weighted by molar-refractivity contribution is 8.01. The number of nitrogens with one attached hydrogen (secondary N) is 1. The van der Waals surface area contributed by atoms with Gasteiger partial charge in [-0.3, -0.25) is 4.79 Å². The van der Waals surface area contributed by atoms with E-state index >= 15 is 0 Å². The fraction of sp³-hybridized carbons (Fsp3) is 0.727. The Morgan fingerprint density at radius 3 is 2.95 bits per heavy atom. The van der Waals surface area contributed by atoms with Crippen molar-refractivity contribution >= 4 is 34.2 Å². The Morgan fingerprint density at radius 2 is 2.26 bits per heavy atom. The van der Waals surface area contributed by atoms with Crippen LogP contribution in [0.2, 0.25) is 0 Å². The van der Waals surface area contributed by atoms with Crippen LogP contribution in [0.5, 0.6) is 0 Å². The lowest BCUT2D eigenvalue weighted by atomic mass is 10.3. The first-order chi connectivity index (χ1) is 9.08. The maximum absolute atomic E-state index is 10.4. The van der Waals surface area contributed by atoms with Crippen LogP contribution in [0, 0.1) is 0 Å². The standard InChI is InChI=1S/C11H19N3O3S2/c1-8(2)17-6-4-3-5-12-10-13-14-11(19-10)18-7-9(15)16/h8H,3-7H2,1-2H3,(H,12,13)(H,15,16). The molecule has 1 rings (SSSR count). The Morgan fingerprint density at radius 1 is 1.47 bits per heavy atom. The van der Waals surface area contributed by atoms with Crippen molar-refractivity contribution < 1.29 is 14.6 Å². The number of aliphatic carboxylic acids is 1. The molecule has 6 nitrogen and oxygen atoms in total. The molecule has 1 heterocycles. The number of rotatable bonds is 10. The SMILES string of the molecule is CC(C)OCCCCNc1nnc(SCC(=O)O)s1. The van der Waals surface area contributed by atoms with E-state index in [0.717, 1.165) is 31.1 Å². The zero-order chi connectivity index (χ0) is 14.1. The molecule has 0 atom stereocenters. The first-order valence-electron chi connectivity index (χ1n) is 6.11. The summed E-state index contributed by atoms with van der Waals surface area (Å²) < 4.78 is 6.11. The third-order valence-corrected chi connectivity index (χ3v) is 4.02. The lowest BCUT2D eigenvalue weighted by Crippen LogP contribution is -2.06. The third kappa shape index (κ3) is 8.02. The van der Waals surface area contributed by atoms with Crippen molar-refractivity contribution in [3.63, 3.8) is 0 Å². The number of anilines is 1. The molecule has 0 saturated carbocycles. The molecule has 8 heteroatoms. The van der Waals surface area contributed by atoms with Crippen LogP contribution in [0.15, 0.2) is 4.34 Å². The van der Waals surface area contributed by atoms with Crippen LogP contribution in [0.25, 0.3) is 0 Å². The fourth-order valence-corrected chi connectivity index (χ4v) is 2.70.